The Bertz CT molecular complexity index is 371. The molecule has 17 heavy (non-hydrogen) atoms. The molecule has 1 aromatic rings. The first kappa shape index (κ1) is 14.7. The van der Waals surface area contributed by atoms with Crippen molar-refractivity contribution < 1.29 is 4.39 Å². The minimum atomic E-state index is -1.15. The lowest BCUT2D eigenvalue weighted by molar-refractivity contribution is 0.204. The van der Waals surface area contributed by atoms with Crippen LogP contribution in [0.15, 0.2) is 22.7 Å². The number of nitrogens with one attached hydrogen (secondary N) is 1. The zero-order valence-electron chi connectivity index (χ0n) is 11.0. The van der Waals surface area contributed by atoms with Gasteiger partial charge in [0.1, 0.15) is 5.67 Å². The summed E-state index contributed by atoms with van der Waals surface area (Å²) in [5, 5.41) is 3.23. The zero-order valence-corrected chi connectivity index (χ0v) is 12.6. The summed E-state index contributed by atoms with van der Waals surface area (Å²) in [6.07, 6.45) is 0.918. The first-order valence-electron chi connectivity index (χ1n) is 5.96. The highest BCUT2D eigenvalue weighted by atomic mass is 79.9. The fraction of sp³-hybridized carbons (Fsp3) is 0.571. The van der Waals surface area contributed by atoms with Crippen molar-refractivity contribution in [2.24, 2.45) is 0 Å². The molecule has 0 aliphatic rings. The van der Waals surface area contributed by atoms with Crippen molar-refractivity contribution in [3.05, 3.63) is 33.8 Å². The molecule has 0 bridgehead atoms. The molecule has 0 saturated carbocycles. The second kappa shape index (κ2) is 5.96. The van der Waals surface area contributed by atoms with Gasteiger partial charge >= 0.3 is 0 Å². The normalized spacial score (nSPS) is 13.8. The van der Waals surface area contributed by atoms with E-state index in [9.17, 15) is 4.39 Å². The lowest BCUT2D eigenvalue weighted by atomic mass is 10.0. The third-order valence-corrected chi connectivity index (χ3v) is 3.64. The van der Waals surface area contributed by atoms with Crippen LogP contribution in [-0.4, -0.2) is 18.3 Å². The third kappa shape index (κ3) is 5.17. The molecule has 1 aromatic carbocycles. The predicted molar refractivity (Wildman–Crippen MR) is 75.2 cm³/mol. The van der Waals surface area contributed by atoms with E-state index in [0.29, 0.717) is 6.54 Å². The van der Waals surface area contributed by atoms with E-state index in [2.05, 4.69) is 41.2 Å². The molecule has 0 amide bonds. The van der Waals surface area contributed by atoms with Gasteiger partial charge in [-0.05, 0) is 51.3 Å². The smallest absolute Gasteiger partial charge is 0.117 e. The first-order chi connectivity index (χ1) is 7.79. The number of rotatable bonds is 5. The van der Waals surface area contributed by atoms with Crippen LogP contribution in [0.3, 0.4) is 0 Å². The molecule has 96 valence electrons. The molecule has 0 saturated heterocycles. The number of benzene rings is 1. The molecule has 0 radical (unpaired) electrons. The molecule has 0 aromatic heterocycles. The Morgan fingerprint density at radius 2 is 2.06 bits per heavy atom. The Balaban J connectivity index is 2.56. The van der Waals surface area contributed by atoms with Crippen molar-refractivity contribution in [3.8, 4) is 0 Å². The van der Waals surface area contributed by atoms with Gasteiger partial charge in [0.2, 0.25) is 0 Å². The Hall–Kier alpha value is -0.410. The summed E-state index contributed by atoms with van der Waals surface area (Å²) in [5.41, 5.74) is 1.41. The Morgan fingerprint density at radius 1 is 1.41 bits per heavy atom. The van der Waals surface area contributed by atoms with Crippen molar-refractivity contribution >= 4 is 15.9 Å². The first-order valence-corrected chi connectivity index (χ1v) is 6.75. The number of halogens is 2. The summed E-state index contributed by atoms with van der Waals surface area (Å²) < 4.78 is 14.5. The second-order valence-electron chi connectivity index (χ2n) is 5.23. The average Bonchev–Trinajstić information content (AvgIpc) is 2.21. The van der Waals surface area contributed by atoms with Gasteiger partial charge in [0, 0.05) is 17.1 Å². The SMILES string of the molecule is Cc1c(Br)cccc1C[C@@H](C)NCC(C)(C)F. The summed E-state index contributed by atoms with van der Waals surface area (Å²) in [7, 11) is 0. The van der Waals surface area contributed by atoms with Gasteiger partial charge in [0.15, 0.2) is 0 Å². The van der Waals surface area contributed by atoms with Gasteiger partial charge in [0.25, 0.3) is 0 Å². The Morgan fingerprint density at radius 3 is 2.65 bits per heavy atom. The number of alkyl halides is 1. The zero-order chi connectivity index (χ0) is 13.1. The molecular formula is C14H21BrFN. The van der Waals surface area contributed by atoms with Crippen LogP contribution in [-0.2, 0) is 6.42 Å². The van der Waals surface area contributed by atoms with E-state index in [1.54, 1.807) is 13.8 Å². The van der Waals surface area contributed by atoms with E-state index >= 15 is 0 Å². The fourth-order valence-corrected chi connectivity index (χ4v) is 2.10. The van der Waals surface area contributed by atoms with Crippen LogP contribution in [0, 0.1) is 6.92 Å². The maximum absolute atomic E-state index is 13.4. The van der Waals surface area contributed by atoms with Crippen molar-refractivity contribution in [3.63, 3.8) is 0 Å². The minimum Gasteiger partial charge on any atom is -0.311 e. The molecule has 0 fully saturated rings. The molecule has 0 heterocycles. The standard InChI is InChI=1S/C14H21BrFN/c1-10(17-9-14(3,4)16)8-12-6-5-7-13(15)11(12)2/h5-7,10,17H,8-9H2,1-4H3/t10-/m1/s1. The van der Waals surface area contributed by atoms with Gasteiger partial charge in [-0.25, -0.2) is 4.39 Å². The quantitative estimate of drug-likeness (QED) is 0.866. The Labute approximate surface area is 112 Å². The lowest BCUT2D eigenvalue weighted by Crippen LogP contribution is -2.37. The molecule has 0 unspecified atom stereocenters. The average molecular weight is 302 g/mol. The molecule has 0 aliphatic heterocycles. The monoisotopic (exact) mass is 301 g/mol. The molecule has 1 atom stereocenters. The van der Waals surface area contributed by atoms with Gasteiger partial charge < -0.3 is 5.32 Å². The summed E-state index contributed by atoms with van der Waals surface area (Å²) in [6.45, 7) is 7.77. The number of hydrogen-bond acceptors (Lipinski definition) is 1. The van der Waals surface area contributed by atoms with Crippen LogP contribution in [0.2, 0.25) is 0 Å². The van der Waals surface area contributed by atoms with E-state index in [0.717, 1.165) is 10.9 Å². The van der Waals surface area contributed by atoms with Crippen molar-refractivity contribution in [2.75, 3.05) is 6.54 Å². The highest BCUT2D eigenvalue weighted by Crippen LogP contribution is 2.20. The van der Waals surface area contributed by atoms with Crippen LogP contribution < -0.4 is 5.32 Å². The van der Waals surface area contributed by atoms with Gasteiger partial charge in [-0.15, -0.1) is 0 Å². The molecular weight excluding hydrogens is 281 g/mol. The topological polar surface area (TPSA) is 12.0 Å². The van der Waals surface area contributed by atoms with Gasteiger partial charge in [-0.2, -0.15) is 0 Å². The fourth-order valence-electron chi connectivity index (χ4n) is 1.69. The van der Waals surface area contributed by atoms with Gasteiger partial charge in [0.05, 0.1) is 0 Å². The highest BCUT2D eigenvalue weighted by molar-refractivity contribution is 9.10. The van der Waals surface area contributed by atoms with Crippen LogP contribution in [0.1, 0.15) is 31.9 Å². The van der Waals surface area contributed by atoms with Crippen molar-refractivity contribution in [2.45, 2.75) is 45.8 Å². The summed E-state index contributed by atoms with van der Waals surface area (Å²) in [5.74, 6) is 0. The lowest BCUT2D eigenvalue weighted by Gasteiger charge is -2.20. The maximum Gasteiger partial charge on any atom is 0.117 e. The van der Waals surface area contributed by atoms with Crippen LogP contribution in [0.4, 0.5) is 4.39 Å². The maximum atomic E-state index is 13.4. The molecule has 0 spiro atoms. The largest absolute Gasteiger partial charge is 0.311 e. The second-order valence-corrected chi connectivity index (χ2v) is 6.08. The summed E-state index contributed by atoms with van der Waals surface area (Å²) >= 11 is 3.53. The van der Waals surface area contributed by atoms with Crippen LogP contribution >= 0.6 is 15.9 Å². The molecule has 1 nitrogen and oxygen atoms in total. The van der Waals surface area contributed by atoms with Gasteiger partial charge in [-0.1, -0.05) is 28.1 Å². The predicted octanol–water partition coefficient (Wildman–Crippen LogP) is 4.03. The molecule has 3 heteroatoms. The molecule has 1 N–H and O–H groups in total. The van der Waals surface area contributed by atoms with Crippen LogP contribution in [0.25, 0.3) is 0 Å². The number of hydrogen-bond donors (Lipinski definition) is 1. The van der Waals surface area contributed by atoms with E-state index in [1.165, 1.54) is 11.1 Å². The van der Waals surface area contributed by atoms with E-state index in [-0.39, 0.29) is 6.04 Å². The van der Waals surface area contributed by atoms with Crippen LogP contribution in [0.5, 0.6) is 0 Å². The van der Waals surface area contributed by atoms with Crippen molar-refractivity contribution in [1.29, 1.82) is 0 Å². The van der Waals surface area contributed by atoms with E-state index in [1.807, 2.05) is 12.1 Å². The Kier molecular flexibility index (Phi) is 5.14. The van der Waals surface area contributed by atoms with E-state index in [4.69, 9.17) is 0 Å². The minimum absolute atomic E-state index is 0.276. The molecule has 1 rings (SSSR count). The highest BCUT2D eigenvalue weighted by Gasteiger charge is 2.16. The summed E-state index contributed by atoms with van der Waals surface area (Å²) in [4.78, 5) is 0. The third-order valence-electron chi connectivity index (χ3n) is 2.78. The van der Waals surface area contributed by atoms with E-state index < -0.39 is 5.67 Å². The molecule has 0 aliphatic carbocycles. The van der Waals surface area contributed by atoms with Crippen molar-refractivity contribution in [1.82, 2.24) is 5.32 Å². The van der Waals surface area contributed by atoms with Gasteiger partial charge in [-0.3, -0.25) is 0 Å². The summed E-state index contributed by atoms with van der Waals surface area (Å²) in [6, 6.07) is 6.48.